The molecule has 1 unspecified atom stereocenters. The van der Waals surface area contributed by atoms with Crippen molar-refractivity contribution in [3.05, 3.63) is 52.3 Å². The van der Waals surface area contributed by atoms with Crippen LogP contribution in [-0.2, 0) is 29.2 Å². The van der Waals surface area contributed by atoms with Crippen LogP contribution in [0.15, 0.2) is 24.3 Å². The number of nitrogens with zero attached hydrogens (tertiary/aromatic N) is 2. The van der Waals surface area contributed by atoms with Crippen molar-refractivity contribution < 1.29 is 14.7 Å². The normalized spacial score (nSPS) is 19.2. The van der Waals surface area contributed by atoms with Crippen molar-refractivity contribution in [2.24, 2.45) is 5.41 Å². The highest BCUT2D eigenvalue weighted by atomic mass is 16.3. The lowest BCUT2D eigenvalue weighted by atomic mass is 9.80. The molecule has 0 spiro atoms. The summed E-state index contributed by atoms with van der Waals surface area (Å²) >= 11 is 0. The Bertz CT molecular complexity index is 855. The molecule has 1 aromatic heterocycles. The second-order valence-electron chi connectivity index (χ2n) is 8.23. The van der Waals surface area contributed by atoms with E-state index in [1.165, 1.54) is 0 Å². The Morgan fingerprint density at radius 2 is 1.93 bits per heavy atom. The number of likely N-dealkylation sites (tertiary alicyclic amines) is 1. The van der Waals surface area contributed by atoms with Gasteiger partial charge in [-0.25, -0.2) is 0 Å². The molecule has 7 heteroatoms. The van der Waals surface area contributed by atoms with Gasteiger partial charge in [0, 0.05) is 30.9 Å². The van der Waals surface area contributed by atoms with E-state index < -0.39 is 5.41 Å². The SMILES string of the molecule is Cc1n[nH]c(C)c1CC(=O)N1CCCC(C)(C(=O)NCc2ccc(CO)cc2)C1. The van der Waals surface area contributed by atoms with Crippen LogP contribution in [0.3, 0.4) is 0 Å². The van der Waals surface area contributed by atoms with E-state index in [-0.39, 0.29) is 18.4 Å². The molecular weight excluding hydrogens is 368 g/mol. The fourth-order valence-electron chi connectivity index (χ4n) is 3.89. The van der Waals surface area contributed by atoms with E-state index in [2.05, 4.69) is 15.5 Å². The van der Waals surface area contributed by atoms with Gasteiger partial charge >= 0.3 is 0 Å². The van der Waals surface area contributed by atoms with Crippen LogP contribution in [0.25, 0.3) is 0 Å². The topological polar surface area (TPSA) is 98.3 Å². The van der Waals surface area contributed by atoms with E-state index in [4.69, 9.17) is 5.11 Å². The number of hydrogen-bond acceptors (Lipinski definition) is 4. The Morgan fingerprint density at radius 3 is 2.55 bits per heavy atom. The standard InChI is InChI=1S/C22H30N4O3/c1-15-19(16(2)25-24-15)11-20(28)26-10-4-9-22(3,14-26)21(29)23-12-17-5-7-18(13-27)8-6-17/h5-8,27H,4,9-14H2,1-3H3,(H,23,29)(H,24,25). The Morgan fingerprint density at radius 1 is 1.24 bits per heavy atom. The van der Waals surface area contributed by atoms with Crippen molar-refractivity contribution in [3.8, 4) is 0 Å². The number of carbonyl (C=O) groups excluding carboxylic acids is 2. The summed E-state index contributed by atoms with van der Waals surface area (Å²) in [5, 5.41) is 19.2. The van der Waals surface area contributed by atoms with Crippen molar-refractivity contribution in [1.82, 2.24) is 20.4 Å². The first kappa shape index (κ1) is 21.0. The lowest BCUT2D eigenvalue weighted by Gasteiger charge is -2.39. The fourth-order valence-corrected chi connectivity index (χ4v) is 3.89. The van der Waals surface area contributed by atoms with Crippen molar-refractivity contribution in [1.29, 1.82) is 0 Å². The summed E-state index contributed by atoms with van der Waals surface area (Å²) in [6.07, 6.45) is 1.88. The molecule has 0 radical (unpaired) electrons. The monoisotopic (exact) mass is 398 g/mol. The Balaban J connectivity index is 1.59. The van der Waals surface area contributed by atoms with Gasteiger partial charge < -0.3 is 15.3 Å². The fraction of sp³-hybridized carbons (Fsp3) is 0.500. The predicted molar refractivity (Wildman–Crippen MR) is 110 cm³/mol. The van der Waals surface area contributed by atoms with Crippen LogP contribution in [0, 0.1) is 19.3 Å². The molecule has 2 amide bonds. The minimum absolute atomic E-state index is 0.00639. The van der Waals surface area contributed by atoms with Crippen molar-refractivity contribution in [2.45, 2.75) is 53.2 Å². The lowest BCUT2D eigenvalue weighted by molar-refractivity contribution is -0.140. The zero-order chi connectivity index (χ0) is 21.0. The quantitative estimate of drug-likeness (QED) is 0.693. The summed E-state index contributed by atoms with van der Waals surface area (Å²) in [7, 11) is 0. The molecule has 0 aliphatic carbocycles. The molecule has 1 saturated heterocycles. The Labute approximate surface area is 171 Å². The average Bonchev–Trinajstić information content (AvgIpc) is 3.04. The first-order valence-electron chi connectivity index (χ1n) is 10.1. The highest BCUT2D eigenvalue weighted by Crippen LogP contribution is 2.30. The number of H-pyrrole nitrogens is 1. The minimum Gasteiger partial charge on any atom is -0.392 e. The van der Waals surface area contributed by atoms with Gasteiger partial charge in [-0.1, -0.05) is 24.3 Å². The van der Waals surface area contributed by atoms with E-state index in [0.717, 1.165) is 40.9 Å². The molecule has 2 aromatic rings. The van der Waals surface area contributed by atoms with Gasteiger partial charge in [-0.05, 0) is 44.7 Å². The molecule has 29 heavy (non-hydrogen) atoms. The smallest absolute Gasteiger partial charge is 0.227 e. The maximum atomic E-state index is 12.9. The van der Waals surface area contributed by atoms with Gasteiger partial charge in [0.2, 0.25) is 11.8 Å². The highest BCUT2D eigenvalue weighted by molar-refractivity contribution is 5.85. The Hall–Kier alpha value is -2.67. The molecule has 156 valence electrons. The van der Waals surface area contributed by atoms with Crippen molar-refractivity contribution in [3.63, 3.8) is 0 Å². The number of piperidine rings is 1. The summed E-state index contributed by atoms with van der Waals surface area (Å²) in [5.74, 6) is 0.00724. The van der Waals surface area contributed by atoms with E-state index in [0.29, 0.717) is 26.1 Å². The number of aliphatic hydroxyl groups is 1. The van der Waals surface area contributed by atoms with Crippen LogP contribution >= 0.6 is 0 Å². The molecule has 1 aliphatic heterocycles. The third-order valence-electron chi connectivity index (χ3n) is 5.86. The van der Waals surface area contributed by atoms with Crippen molar-refractivity contribution in [2.75, 3.05) is 13.1 Å². The van der Waals surface area contributed by atoms with E-state index in [1.54, 1.807) is 0 Å². The van der Waals surface area contributed by atoms with E-state index in [1.807, 2.05) is 49.9 Å². The third kappa shape index (κ3) is 4.85. The maximum absolute atomic E-state index is 12.9. The van der Waals surface area contributed by atoms with Crippen LogP contribution < -0.4 is 5.32 Å². The van der Waals surface area contributed by atoms with Gasteiger partial charge in [0.1, 0.15) is 0 Å². The number of rotatable bonds is 6. The van der Waals surface area contributed by atoms with Gasteiger partial charge in [0.25, 0.3) is 0 Å². The van der Waals surface area contributed by atoms with Crippen LogP contribution in [0.5, 0.6) is 0 Å². The molecule has 2 heterocycles. The molecular formula is C22H30N4O3. The molecule has 1 atom stereocenters. The maximum Gasteiger partial charge on any atom is 0.227 e. The number of carbonyl (C=O) groups is 2. The summed E-state index contributed by atoms with van der Waals surface area (Å²) < 4.78 is 0. The second kappa shape index (κ2) is 8.78. The van der Waals surface area contributed by atoms with Crippen LogP contribution in [-0.4, -0.2) is 45.1 Å². The summed E-state index contributed by atoms with van der Waals surface area (Å²) in [5.41, 5.74) is 3.93. The number of hydrogen-bond donors (Lipinski definition) is 3. The van der Waals surface area contributed by atoms with Crippen LogP contribution in [0.2, 0.25) is 0 Å². The first-order chi connectivity index (χ1) is 13.8. The van der Waals surface area contributed by atoms with E-state index in [9.17, 15) is 9.59 Å². The molecule has 0 bridgehead atoms. The highest BCUT2D eigenvalue weighted by Gasteiger charge is 2.39. The minimum atomic E-state index is -0.598. The number of aliphatic hydroxyl groups excluding tert-OH is 1. The lowest BCUT2D eigenvalue weighted by Crippen LogP contribution is -2.52. The largest absolute Gasteiger partial charge is 0.392 e. The number of aromatic amines is 1. The van der Waals surface area contributed by atoms with Crippen LogP contribution in [0.1, 0.15) is 47.8 Å². The summed E-state index contributed by atoms with van der Waals surface area (Å²) in [6, 6.07) is 7.51. The van der Waals surface area contributed by atoms with Gasteiger partial charge in [-0.3, -0.25) is 14.7 Å². The predicted octanol–water partition coefficient (Wildman–Crippen LogP) is 2.01. The molecule has 1 aliphatic rings. The molecule has 3 rings (SSSR count). The zero-order valence-electron chi connectivity index (χ0n) is 17.4. The average molecular weight is 399 g/mol. The molecule has 0 saturated carbocycles. The van der Waals surface area contributed by atoms with Gasteiger partial charge in [-0.2, -0.15) is 5.10 Å². The number of amides is 2. The summed E-state index contributed by atoms with van der Waals surface area (Å²) in [6.45, 7) is 7.30. The first-order valence-corrected chi connectivity index (χ1v) is 10.1. The molecule has 3 N–H and O–H groups in total. The second-order valence-corrected chi connectivity index (χ2v) is 8.23. The van der Waals surface area contributed by atoms with Gasteiger partial charge in [0.05, 0.1) is 24.1 Å². The molecule has 1 aromatic carbocycles. The Kier molecular flexibility index (Phi) is 6.37. The molecule has 1 fully saturated rings. The van der Waals surface area contributed by atoms with E-state index >= 15 is 0 Å². The number of nitrogens with one attached hydrogen (secondary N) is 2. The van der Waals surface area contributed by atoms with Crippen LogP contribution in [0.4, 0.5) is 0 Å². The number of benzene rings is 1. The van der Waals surface area contributed by atoms with Gasteiger partial charge in [-0.15, -0.1) is 0 Å². The van der Waals surface area contributed by atoms with Gasteiger partial charge in [0.15, 0.2) is 0 Å². The third-order valence-corrected chi connectivity index (χ3v) is 5.86. The summed E-state index contributed by atoms with van der Waals surface area (Å²) in [4.78, 5) is 27.6. The number of aryl methyl sites for hydroxylation is 2. The molecule has 7 nitrogen and oxygen atoms in total. The van der Waals surface area contributed by atoms with Crippen molar-refractivity contribution >= 4 is 11.8 Å². The number of aromatic nitrogens is 2. The zero-order valence-corrected chi connectivity index (χ0v) is 17.4.